The maximum absolute atomic E-state index is 8.69. The number of unbranched alkanes of at least 4 members (excludes halogenated alkanes) is 12. The van der Waals surface area contributed by atoms with Gasteiger partial charge in [0.1, 0.15) is 0 Å². The number of aliphatic hydroxyl groups excluding tert-OH is 2. The van der Waals surface area contributed by atoms with Crippen LogP contribution in [0.4, 0.5) is 0 Å². The van der Waals surface area contributed by atoms with Gasteiger partial charge in [-0.3, -0.25) is 0 Å². The second kappa shape index (κ2) is 15.9. The van der Waals surface area contributed by atoms with E-state index in [1.165, 1.54) is 64.2 Å². The van der Waals surface area contributed by atoms with Gasteiger partial charge in [-0.15, -0.1) is 0 Å². The largest absolute Gasteiger partial charge is 0.396 e. The second-order valence-electron chi connectivity index (χ2n) is 5.59. The molecule has 0 rings (SSSR count). The topological polar surface area (TPSA) is 60.7 Å². The summed E-state index contributed by atoms with van der Waals surface area (Å²) in [6.07, 6.45) is 15.5. The van der Waals surface area contributed by atoms with E-state index in [4.69, 9.17) is 15.3 Å². The first kappa shape index (κ1) is 18.9. The van der Waals surface area contributed by atoms with Crippen LogP contribution >= 0.6 is 0 Å². The fourth-order valence-electron chi connectivity index (χ4n) is 2.38. The van der Waals surface area contributed by atoms with Crippen LogP contribution in [0.3, 0.4) is 0 Å². The van der Waals surface area contributed by atoms with Crippen LogP contribution in [0, 0.1) is 0 Å². The molecule has 0 radical (unpaired) electrons. The summed E-state index contributed by atoms with van der Waals surface area (Å²) in [6, 6.07) is 0. The Morgan fingerprint density at radius 1 is 0.474 bits per heavy atom. The van der Waals surface area contributed by atoms with Crippen molar-refractivity contribution in [3.8, 4) is 0 Å². The van der Waals surface area contributed by atoms with Crippen molar-refractivity contribution < 1.29 is 15.3 Å². The zero-order chi connectivity index (χ0) is 14.2. The van der Waals surface area contributed by atoms with E-state index >= 15 is 0 Å². The molecule has 0 aromatic heterocycles. The molecule has 0 spiro atoms. The van der Waals surface area contributed by atoms with Crippen LogP contribution in [0.2, 0.25) is 0 Å². The lowest BCUT2D eigenvalue weighted by Gasteiger charge is -2.04. The van der Waals surface area contributed by atoms with Gasteiger partial charge >= 0.3 is 0 Å². The van der Waals surface area contributed by atoms with Gasteiger partial charge in [-0.2, -0.15) is 0 Å². The molecule has 116 valence electrons. The standard InChI is InChI=1S/C16H34O3/c17-15-13-11-9-7-5-3-1-2-4-6-8-10-12-14-16(18)19/h16-19H,1-15H2. The summed E-state index contributed by atoms with van der Waals surface area (Å²) >= 11 is 0. The normalized spacial score (nSPS) is 11.4. The van der Waals surface area contributed by atoms with Crippen LogP contribution in [0.5, 0.6) is 0 Å². The highest BCUT2D eigenvalue weighted by Crippen LogP contribution is 2.13. The van der Waals surface area contributed by atoms with Gasteiger partial charge in [0.25, 0.3) is 0 Å². The van der Waals surface area contributed by atoms with Gasteiger partial charge in [0.05, 0.1) is 0 Å². The summed E-state index contributed by atoms with van der Waals surface area (Å²) in [5.41, 5.74) is 0. The first-order chi connectivity index (χ1) is 9.27. The summed E-state index contributed by atoms with van der Waals surface area (Å²) < 4.78 is 0. The fraction of sp³-hybridized carbons (Fsp3) is 1.00. The predicted octanol–water partition coefficient (Wildman–Crippen LogP) is 3.75. The van der Waals surface area contributed by atoms with Crippen molar-refractivity contribution in [1.82, 2.24) is 0 Å². The zero-order valence-electron chi connectivity index (χ0n) is 12.5. The average Bonchev–Trinajstić information content (AvgIpc) is 2.39. The number of hydrogen-bond acceptors (Lipinski definition) is 3. The van der Waals surface area contributed by atoms with E-state index in [2.05, 4.69) is 0 Å². The Labute approximate surface area is 119 Å². The fourth-order valence-corrected chi connectivity index (χ4v) is 2.38. The van der Waals surface area contributed by atoms with Gasteiger partial charge in [-0.05, 0) is 19.3 Å². The molecule has 0 unspecified atom stereocenters. The quantitative estimate of drug-likeness (QED) is 0.315. The van der Waals surface area contributed by atoms with E-state index in [-0.39, 0.29) is 0 Å². The molecule has 0 bridgehead atoms. The minimum atomic E-state index is -1.11. The molecule has 0 aromatic rings. The summed E-state index contributed by atoms with van der Waals surface area (Å²) in [5.74, 6) is 0. The van der Waals surface area contributed by atoms with Crippen LogP contribution in [0.1, 0.15) is 89.9 Å². The highest BCUT2D eigenvalue weighted by Gasteiger charge is 1.97. The Kier molecular flexibility index (Phi) is 15.8. The minimum absolute atomic E-state index is 0.345. The van der Waals surface area contributed by atoms with Crippen molar-refractivity contribution in [3.63, 3.8) is 0 Å². The first-order valence-corrected chi connectivity index (χ1v) is 8.24. The summed E-state index contributed by atoms with van der Waals surface area (Å²) in [6.45, 7) is 0.345. The molecule has 3 nitrogen and oxygen atoms in total. The van der Waals surface area contributed by atoms with Gasteiger partial charge in [0.2, 0.25) is 0 Å². The third-order valence-electron chi connectivity index (χ3n) is 3.62. The molecule has 0 saturated carbocycles. The lowest BCUT2D eigenvalue weighted by molar-refractivity contribution is -0.0466. The summed E-state index contributed by atoms with van der Waals surface area (Å²) in [4.78, 5) is 0. The average molecular weight is 274 g/mol. The lowest BCUT2D eigenvalue weighted by atomic mass is 10.0. The van der Waals surface area contributed by atoms with E-state index in [9.17, 15) is 0 Å². The molecule has 0 aliphatic carbocycles. The van der Waals surface area contributed by atoms with Crippen molar-refractivity contribution >= 4 is 0 Å². The third kappa shape index (κ3) is 17.9. The monoisotopic (exact) mass is 274 g/mol. The molecule has 0 aromatic carbocycles. The van der Waals surface area contributed by atoms with Gasteiger partial charge in [0, 0.05) is 6.61 Å². The maximum atomic E-state index is 8.69. The molecular weight excluding hydrogens is 240 g/mol. The van der Waals surface area contributed by atoms with Crippen molar-refractivity contribution in [2.45, 2.75) is 96.2 Å². The number of rotatable bonds is 15. The van der Waals surface area contributed by atoms with Crippen molar-refractivity contribution in [3.05, 3.63) is 0 Å². The van der Waals surface area contributed by atoms with Gasteiger partial charge in [-0.25, -0.2) is 0 Å². The molecule has 0 fully saturated rings. The zero-order valence-corrected chi connectivity index (χ0v) is 12.5. The number of aliphatic hydroxyl groups is 3. The van der Waals surface area contributed by atoms with E-state index in [1.54, 1.807) is 0 Å². The predicted molar refractivity (Wildman–Crippen MR) is 79.9 cm³/mol. The molecule has 0 heterocycles. The molecule has 0 aliphatic rings. The Bertz CT molecular complexity index is 160. The van der Waals surface area contributed by atoms with Gasteiger partial charge in [0.15, 0.2) is 6.29 Å². The first-order valence-electron chi connectivity index (χ1n) is 8.24. The molecule has 0 amide bonds. The molecule has 0 aliphatic heterocycles. The van der Waals surface area contributed by atoms with E-state index in [0.29, 0.717) is 13.0 Å². The lowest BCUT2D eigenvalue weighted by Crippen LogP contribution is -2.02. The van der Waals surface area contributed by atoms with Gasteiger partial charge < -0.3 is 15.3 Å². The molecule has 19 heavy (non-hydrogen) atoms. The van der Waals surface area contributed by atoms with Crippen LogP contribution in [0.15, 0.2) is 0 Å². The minimum Gasteiger partial charge on any atom is -0.396 e. The Hall–Kier alpha value is -0.120. The third-order valence-corrected chi connectivity index (χ3v) is 3.62. The maximum Gasteiger partial charge on any atom is 0.151 e. The SMILES string of the molecule is OCCCCCCCCCCCCCCCC(O)O. The Morgan fingerprint density at radius 3 is 1.11 bits per heavy atom. The second-order valence-corrected chi connectivity index (χ2v) is 5.59. The molecule has 3 heteroatoms. The smallest absolute Gasteiger partial charge is 0.151 e. The molecule has 0 saturated heterocycles. The van der Waals surface area contributed by atoms with E-state index in [0.717, 1.165) is 19.3 Å². The van der Waals surface area contributed by atoms with E-state index in [1.807, 2.05) is 0 Å². The highest BCUT2D eigenvalue weighted by atomic mass is 16.5. The van der Waals surface area contributed by atoms with Crippen molar-refractivity contribution in [1.29, 1.82) is 0 Å². The van der Waals surface area contributed by atoms with Crippen LogP contribution < -0.4 is 0 Å². The highest BCUT2D eigenvalue weighted by molar-refractivity contribution is 4.49. The van der Waals surface area contributed by atoms with Crippen LogP contribution in [-0.4, -0.2) is 28.2 Å². The number of hydrogen-bond donors (Lipinski definition) is 3. The molecule has 3 N–H and O–H groups in total. The molecule has 0 atom stereocenters. The van der Waals surface area contributed by atoms with Crippen molar-refractivity contribution in [2.24, 2.45) is 0 Å². The molecular formula is C16H34O3. The van der Waals surface area contributed by atoms with Crippen molar-refractivity contribution in [2.75, 3.05) is 6.61 Å². The summed E-state index contributed by atoms with van der Waals surface area (Å²) in [5, 5.41) is 26.0. The van der Waals surface area contributed by atoms with Crippen LogP contribution in [-0.2, 0) is 0 Å². The van der Waals surface area contributed by atoms with E-state index < -0.39 is 6.29 Å². The van der Waals surface area contributed by atoms with Crippen LogP contribution in [0.25, 0.3) is 0 Å². The van der Waals surface area contributed by atoms with Gasteiger partial charge in [-0.1, -0.05) is 70.6 Å². The summed E-state index contributed by atoms with van der Waals surface area (Å²) in [7, 11) is 0. The Morgan fingerprint density at radius 2 is 0.789 bits per heavy atom. The Balaban J connectivity index is 2.91.